The summed E-state index contributed by atoms with van der Waals surface area (Å²) in [6.45, 7) is 9.05. The van der Waals surface area contributed by atoms with E-state index in [2.05, 4.69) is 26.6 Å². The van der Waals surface area contributed by atoms with E-state index < -0.39 is 8.07 Å². The van der Waals surface area contributed by atoms with Gasteiger partial charge < -0.3 is 5.11 Å². The molecule has 1 saturated carbocycles. The molecule has 0 radical (unpaired) electrons. The van der Waals surface area contributed by atoms with Gasteiger partial charge in [-0.3, -0.25) is 0 Å². The van der Waals surface area contributed by atoms with Crippen LogP contribution in [0.3, 0.4) is 0 Å². The second kappa shape index (κ2) is 4.14. The fourth-order valence-electron chi connectivity index (χ4n) is 2.10. The van der Waals surface area contributed by atoms with Crippen molar-refractivity contribution < 1.29 is 5.11 Å². The molecule has 1 aliphatic carbocycles. The number of hydrogen-bond acceptors (Lipinski definition) is 1. The van der Waals surface area contributed by atoms with Gasteiger partial charge in [0.1, 0.15) is 0 Å². The third kappa shape index (κ3) is 3.10. The van der Waals surface area contributed by atoms with Crippen molar-refractivity contribution in [2.45, 2.75) is 58.0 Å². The Kier molecular flexibility index (Phi) is 3.58. The Morgan fingerprint density at radius 1 is 1.38 bits per heavy atom. The third-order valence-corrected chi connectivity index (χ3v) is 5.40. The van der Waals surface area contributed by atoms with E-state index in [1.54, 1.807) is 0 Å². The Bertz CT molecular complexity index is 162. The molecular weight excluding hydrogens is 176 g/mol. The second-order valence-electron chi connectivity index (χ2n) is 5.61. The molecule has 78 valence electrons. The number of aliphatic hydroxyl groups is 1. The average molecular weight is 200 g/mol. The topological polar surface area (TPSA) is 20.2 Å². The summed E-state index contributed by atoms with van der Waals surface area (Å²) in [4.78, 5) is 0. The van der Waals surface area contributed by atoms with Crippen LogP contribution in [0.1, 0.15) is 32.6 Å². The fraction of sp³-hybridized carbons (Fsp3) is 1.00. The van der Waals surface area contributed by atoms with Gasteiger partial charge in [-0.05, 0) is 18.3 Å². The molecule has 1 nitrogen and oxygen atoms in total. The van der Waals surface area contributed by atoms with Crippen LogP contribution in [0.5, 0.6) is 0 Å². The van der Waals surface area contributed by atoms with Crippen molar-refractivity contribution in [1.29, 1.82) is 0 Å². The molecule has 0 aromatic rings. The van der Waals surface area contributed by atoms with E-state index in [-0.39, 0.29) is 5.73 Å². The highest BCUT2D eigenvalue weighted by Gasteiger charge is 2.46. The lowest BCUT2D eigenvalue weighted by Crippen LogP contribution is -2.40. The minimum absolute atomic E-state index is 0.0503. The molecule has 1 N–H and O–H groups in total. The zero-order chi connectivity index (χ0) is 10.1. The summed E-state index contributed by atoms with van der Waals surface area (Å²) in [6.07, 6.45) is 5.29. The summed E-state index contributed by atoms with van der Waals surface area (Å²) >= 11 is 0. The zero-order valence-corrected chi connectivity index (χ0v) is 10.5. The summed E-state index contributed by atoms with van der Waals surface area (Å²) in [7, 11) is -1.29. The van der Waals surface area contributed by atoms with Gasteiger partial charge in [-0.2, -0.15) is 0 Å². The molecule has 0 saturated heterocycles. The number of rotatable bonds is 5. The Morgan fingerprint density at radius 2 is 2.00 bits per heavy atom. The number of aliphatic hydroxyl groups excluding tert-OH is 1. The first-order valence-corrected chi connectivity index (χ1v) is 9.22. The summed E-state index contributed by atoms with van der Waals surface area (Å²) < 4.78 is 0. The van der Waals surface area contributed by atoms with Gasteiger partial charge >= 0.3 is 0 Å². The van der Waals surface area contributed by atoms with Crippen molar-refractivity contribution in [3.63, 3.8) is 0 Å². The van der Waals surface area contributed by atoms with Crippen molar-refractivity contribution in [1.82, 2.24) is 0 Å². The molecule has 0 spiro atoms. The lowest BCUT2D eigenvalue weighted by atomic mass is 10.1. The van der Waals surface area contributed by atoms with Crippen molar-refractivity contribution in [2.24, 2.45) is 11.8 Å². The summed E-state index contributed by atoms with van der Waals surface area (Å²) in [5.41, 5.74) is 0.0503. The lowest BCUT2D eigenvalue weighted by Gasteiger charge is -2.24. The van der Waals surface area contributed by atoms with Crippen LogP contribution in [0.2, 0.25) is 19.6 Å². The van der Waals surface area contributed by atoms with E-state index in [0.29, 0.717) is 5.92 Å². The van der Waals surface area contributed by atoms with Crippen LogP contribution in [0.25, 0.3) is 0 Å². The lowest BCUT2D eigenvalue weighted by molar-refractivity contribution is 0.212. The Morgan fingerprint density at radius 3 is 2.46 bits per heavy atom. The Balaban J connectivity index is 2.26. The maximum Gasteiger partial charge on any atom is 0.0785 e. The highest BCUT2D eigenvalue weighted by Crippen LogP contribution is 2.46. The Hall–Kier alpha value is 0.177. The van der Waals surface area contributed by atoms with Crippen LogP contribution < -0.4 is 0 Å². The van der Waals surface area contributed by atoms with Crippen LogP contribution in [-0.2, 0) is 0 Å². The monoisotopic (exact) mass is 200 g/mol. The first-order chi connectivity index (χ1) is 5.96. The van der Waals surface area contributed by atoms with Crippen molar-refractivity contribution in [3.8, 4) is 0 Å². The molecule has 0 aromatic heterocycles. The van der Waals surface area contributed by atoms with Gasteiger partial charge in [-0.15, -0.1) is 0 Å². The van der Waals surface area contributed by atoms with E-state index in [4.69, 9.17) is 0 Å². The standard InChI is InChI=1S/C11H24OSi/c1-5-6-7-9-8-10(9)11(12)13(2,3)4/h9-12H,5-8H2,1-4H3/t9-,10+,11+/m1/s1. The zero-order valence-electron chi connectivity index (χ0n) is 9.51. The Labute approximate surface area is 83.6 Å². The molecule has 0 amide bonds. The highest BCUT2D eigenvalue weighted by atomic mass is 28.3. The third-order valence-electron chi connectivity index (χ3n) is 3.20. The summed E-state index contributed by atoms with van der Waals surface area (Å²) in [5.74, 6) is 1.53. The minimum Gasteiger partial charge on any atom is -0.396 e. The molecule has 0 bridgehead atoms. The SMILES string of the molecule is CCCC[C@@H]1C[C@@H]1[C@@H](O)[Si](C)(C)C. The molecule has 0 aliphatic heterocycles. The molecule has 0 heterocycles. The molecule has 1 rings (SSSR count). The molecule has 0 aromatic carbocycles. The van der Waals surface area contributed by atoms with Gasteiger partial charge in [0, 0.05) is 5.73 Å². The van der Waals surface area contributed by atoms with Crippen molar-refractivity contribution >= 4 is 8.07 Å². The predicted molar refractivity (Wildman–Crippen MR) is 60.5 cm³/mol. The largest absolute Gasteiger partial charge is 0.396 e. The van der Waals surface area contributed by atoms with Crippen molar-refractivity contribution in [3.05, 3.63) is 0 Å². The van der Waals surface area contributed by atoms with Gasteiger partial charge in [0.15, 0.2) is 0 Å². The highest BCUT2D eigenvalue weighted by molar-refractivity contribution is 6.77. The van der Waals surface area contributed by atoms with Gasteiger partial charge in [0.25, 0.3) is 0 Å². The number of hydrogen-bond donors (Lipinski definition) is 1. The fourth-order valence-corrected chi connectivity index (χ4v) is 3.79. The maximum absolute atomic E-state index is 10.1. The van der Waals surface area contributed by atoms with E-state index in [9.17, 15) is 5.11 Å². The van der Waals surface area contributed by atoms with E-state index in [1.165, 1.54) is 25.7 Å². The van der Waals surface area contributed by atoms with Crippen LogP contribution >= 0.6 is 0 Å². The molecule has 13 heavy (non-hydrogen) atoms. The average Bonchev–Trinajstić information content (AvgIpc) is 2.76. The molecule has 3 atom stereocenters. The molecule has 1 aliphatic rings. The van der Waals surface area contributed by atoms with E-state index in [1.807, 2.05) is 0 Å². The van der Waals surface area contributed by atoms with Crippen LogP contribution in [0.15, 0.2) is 0 Å². The minimum atomic E-state index is -1.29. The second-order valence-corrected chi connectivity index (χ2v) is 10.9. The summed E-state index contributed by atoms with van der Waals surface area (Å²) in [6, 6.07) is 0. The van der Waals surface area contributed by atoms with Crippen molar-refractivity contribution in [2.75, 3.05) is 0 Å². The molecule has 1 fully saturated rings. The summed E-state index contributed by atoms with van der Waals surface area (Å²) in [5, 5.41) is 10.1. The molecule has 2 heteroatoms. The van der Waals surface area contributed by atoms with E-state index >= 15 is 0 Å². The first-order valence-electron chi connectivity index (χ1n) is 5.65. The first kappa shape index (κ1) is 11.3. The predicted octanol–water partition coefficient (Wildman–Crippen LogP) is 3.05. The van der Waals surface area contributed by atoms with Crippen LogP contribution in [-0.4, -0.2) is 18.9 Å². The van der Waals surface area contributed by atoms with E-state index in [0.717, 1.165) is 5.92 Å². The smallest absolute Gasteiger partial charge is 0.0785 e. The number of unbranched alkanes of at least 4 members (excludes halogenated alkanes) is 1. The van der Waals surface area contributed by atoms with Gasteiger partial charge in [-0.25, -0.2) is 0 Å². The molecule has 0 unspecified atom stereocenters. The maximum atomic E-state index is 10.1. The quantitative estimate of drug-likeness (QED) is 0.676. The van der Waals surface area contributed by atoms with Crippen LogP contribution in [0.4, 0.5) is 0 Å². The van der Waals surface area contributed by atoms with Gasteiger partial charge in [0.2, 0.25) is 0 Å². The van der Waals surface area contributed by atoms with Gasteiger partial charge in [0.05, 0.1) is 8.07 Å². The molecular formula is C11H24OSi. The van der Waals surface area contributed by atoms with Gasteiger partial charge in [-0.1, -0.05) is 45.8 Å². The van der Waals surface area contributed by atoms with Crippen LogP contribution in [0, 0.1) is 11.8 Å². The normalized spacial score (nSPS) is 30.2.